The fraction of sp³-hybridized carbons (Fsp3) is 0.364. The summed E-state index contributed by atoms with van der Waals surface area (Å²) in [5.41, 5.74) is 4.70. The van der Waals surface area contributed by atoms with Crippen LogP contribution in [0.4, 0.5) is 0 Å². The number of rotatable bonds is 4. The molecule has 0 bridgehead atoms. The Morgan fingerprint density at radius 1 is 1.60 bits per heavy atom. The van der Waals surface area contributed by atoms with Crippen LogP contribution in [0.25, 0.3) is 0 Å². The van der Waals surface area contributed by atoms with Gasteiger partial charge in [-0.2, -0.15) is 0 Å². The number of aromatic hydroxyl groups is 1. The standard InChI is InChI=1S/C11H15NO3/c1-2-15-11(14)7-10(12)8-4-3-5-9(13)6-8/h3-6,10,13H,2,7,12H2,1H3/p+1/t10-/m0/s1. The molecule has 0 saturated carbocycles. The molecular weight excluding hydrogens is 194 g/mol. The quantitative estimate of drug-likeness (QED) is 0.716. The lowest BCUT2D eigenvalue weighted by atomic mass is 10.0. The number of hydrogen-bond donors (Lipinski definition) is 2. The predicted octanol–water partition coefficient (Wildman–Crippen LogP) is 0.628. The Kier molecular flexibility index (Phi) is 4.12. The summed E-state index contributed by atoms with van der Waals surface area (Å²) in [6, 6.07) is 6.57. The van der Waals surface area contributed by atoms with E-state index in [1.165, 1.54) is 0 Å². The third-order valence-electron chi connectivity index (χ3n) is 2.06. The van der Waals surface area contributed by atoms with E-state index < -0.39 is 0 Å². The zero-order chi connectivity index (χ0) is 11.3. The molecule has 0 fully saturated rings. The molecule has 0 unspecified atom stereocenters. The lowest BCUT2D eigenvalue weighted by Gasteiger charge is -2.08. The Balaban J connectivity index is 2.60. The number of carbonyl (C=O) groups excluding carboxylic acids is 1. The minimum Gasteiger partial charge on any atom is -0.508 e. The van der Waals surface area contributed by atoms with E-state index in [2.05, 4.69) is 5.73 Å². The predicted molar refractivity (Wildman–Crippen MR) is 55.0 cm³/mol. The highest BCUT2D eigenvalue weighted by atomic mass is 16.5. The molecule has 0 spiro atoms. The van der Waals surface area contributed by atoms with Gasteiger partial charge in [0.05, 0.1) is 6.61 Å². The molecule has 0 heterocycles. The van der Waals surface area contributed by atoms with Crippen molar-refractivity contribution in [3.63, 3.8) is 0 Å². The molecule has 82 valence electrons. The van der Waals surface area contributed by atoms with Gasteiger partial charge in [-0.1, -0.05) is 12.1 Å². The lowest BCUT2D eigenvalue weighted by molar-refractivity contribution is -0.425. The van der Waals surface area contributed by atoms with Crippen molar-refractivity contribution in [3.05, 3.63) is 29.8 Å². The van der Waals surface area contributed by atoms with Gasteiger partial charge < -0.3 is 15.6 Å². The average molecular weight is 210 g/mol. The van der Waals surface area contributed by atoms with E-state index in [0.29, 0.717) is 6.61 Å². The first kappa shape index (κ1) is 11.5. The van der Waals surface area contributed by atoms with Crippen LogP contribution in [-0.2, 0) is 9.53 Å². The van der Waals surface area contributed by atoms with Gasteiger partial charge in [-0.3, -0.25) is 4.79 Å². The van der Waals surface area contributed by atoms with Crippen molar-refractivity contribution < 1.29 is 20.4 Å². The molecule has 1 aromatic rings. The minimum absolute atomic E-state index is 0.184. The summed E-state index contributed by atoms with van der Waals surface area (Å²) in [5, 5.41) is 9.26. The maximum absolute atomic E-state index is 11.2. The van der Waals surface area contributed by atoms with E-state index in [1.807, 2.05) is 6.07 Å². The van der Waals surface area contributed by atoms with Gasteiger partial charge in [-0.05, 0) is 19.1 Å². The zero-order valence-corrected chi connectivity index (χ0v) is 8.77. The van der Waals surface area contributed by atoms with Gasteiger partial charge in [0.1, 0.15) is 18.2 Å². The lowest BCUT2D eigenvalue weighted by Crippen LogP contribution is -2.54. The molecule has 0 saturated heterocycles. The first-order valence-corrected chi connectivity index (χ1v) is 4.91. The number of ether oxygens (including phenoxy) is 1. The Morgan fingerprint density at radius 3 is 2.93 bits per heavy atom. The van der Waals surface area contributed by atoms with E-state index in [4.69, 9.17) is 4.74 Å². The van der Waals surface area contributed by atoms with Crippen LogP contribution in [0.5, 0.6) is 5.75 Å². The number of phenols is 1. The average Bonchev–Trinajstić information content (AvgIpc) is 2.18. The van der Waals surface area contributed by atoms with Gasteiger partial charge in [0.15, 0.2) is 0 Å². The normalized spacial score (nSPS) is 12.1. The van der Waals surface area contributed by atoms with E-state index in [1.54, 1.807) is 25.1 Å². The van der Waals surface area contributed by atoms with Crippen LogP contribution in [0.1, 0.15) is 24.9 Å². The molecule has 1 atom stereocenters. The fourth-order valence-corrected chi connectivity index (χ4v) is 1.32. The van der Waals surface area contributed by atoms with Crippen molar-refractivity contribution in [3.8, 4) is 5.75 Å². The Morgan fingerprint density at radius 2 is 2.33 bits per heavy atom. The Labute approximate surface area is 88.7 Å². The van der Waals surface area contributed by atoms with Crippen LogP contribution >= 0.6 is 0 Å². The second kappa shape index (κ2) is 5.36. The molecule has 0 aliphatic rings. The van der Waals surface area contributed by atoms with Crippen LogP contribution in [0.2, 0.25) is 0 Å². The summed E-state index contributed by atoms with van der Waals surface area (Å²) in [7, 11) is 0. The molecule has 0 radical (unpaired) electrons. The Hall–Kier alpha value is -1.55. The molecule has 0 aliphatic carbocycles. The third kappa shape index (κ3) is 3.59. The van der Waals surface area contributed by atoms with Crippen molar-refractivity contribution >= 4 is 5.97 Å². The molecule has 4 nitrogen and oxygen atoms in total. The molecule has 4 N–H and O–H groups in total. The second-order valence-electron chi connectivity index (χ2n) is 3.30. The van der Waals surface area contributed by atoms with Crippen molar-refractivity contribution in [2.45, 2.75) is 19.4 Å². The molecule has 4 heteroatoms. The van der Waals surface area contributed by atoms with E-state index >= 15 is 0 Å². The van der Waals surface area contributed by atoms with Gasteiger partial charge >= 0.3 is 5.97 Å². The Bertz CT molecular complexity index is 338. The molecule has 1 rings (SSSR count). The van der Waals surface area contributed by atoms with E-state index in [-0.39, 0.29) is 24.2 Å². The fourth-order valence-electron chi connectivity index (χ4n) is 1.32. The van der Waals surface area contributed by atoms with Crippen molar-refractivity contribution in [2.24, 2.45) is 0 Å². The number of hydrogen-bond acceptors (Lipinski definition) is 3. The van der Waals surface area contributed by atoms with Crippen molar-refractivity contribution in [2.75, 3.05) is 6.61 Å². The van der Waals surface area contributed by atoms with E-state index in [9.17, 15) is 9.90 Å². The summed E-state index contributed by atoms with van der Waals surface area (Å²) in [5.74, 6) is -0.0779. The van der Waals surface area contributed by atoms with Gasteiger partial charge in [-0.15, -0.1) is 0 Å². The van der Waals surface area contributed by atoms with Crippen molar-refractivity contribution in [1.82, 2.24) is 0 Å². The highest BCUT2D eigenvalue weighted by molar-refractivity contribution is 5.70. The van der Waals surface area contributed by atoms with Gasteiger partial charge in [0, 0.05) is 5.56 Å². The highest BCUT2D eigenvalue weighted by Crippen LogP contribution is 2.17. The summed E-state index contributed by atoms with van der Waals surface area (Å²) in [6.45, 7) is 2.15. The highest BCUT2D eigenvalue weighted by Gasteiger charge is 2.15. The molecule has 0 aliphatic heterocycles. The molecule has 1 aromatic carbocycles. The first-order valence-electron chi connectivity index (χ1n) is 4.91. The third-order valence-corrected chi connectivity index (χ3v) is 2.06. The van der Waals surface area contributed by atoms with Crippen molar-refractivity contribution in [1.29, 1.82) is 0 Å². The summed E-state index contributed by atoms with van der Waals surface area (Å²) >= 11 is 0. The van der Waals surface area contributed by atoms with Crippen LogP contribution in [-0.4, -0.2) is 17.7 Å². The number of benzene rings is 1. The minimum atomic E-state index is -0.263. The first-order chi connectivity index (χ1) is 7.13. The summed E-state index contributed by atoms with van der Waals surface area (Å²) < 4.78 is 4.82. The second-order valence-corrected chi connectivity index (χ2v) is 3.30. The molecular formula is C11H16NO3+. The maximum Gasteiger partial charge on any atom is 0.312 e. The van der Waals surface area contributed by atoms with E-state index in [0.717, 1.165) is 5.56 Å². The number of esters is 1. The van der Waals surface area contributed by atoms with Gasteiger partial charge in [-0.25, -0.2) is 0 Å². The van der Waals surface area contributed by atoms with Crippen LogP contribution in [0.3, 0.4) is 0 Å². The van der Waals surface area contributed by atoms with Crippen LogP contribution < -0.4 is 5.73 Å². The summed E-state index contributed by atoms with van der Waals surface area (Å²) in [6.07, 6.45) is 0.233. The number of phenolic OH excluding ortho intramolecular Hbond substituents is 1. The maximum atomic E-state index is 11.2. The number of quaternary nitrogens is 1. The zero-order valence-electron chi connectivity index (χ0n) is 8.77. The van der Waals surface area contributed by atoms with Gasteiger partial charge in [0.25, 0.3) is 0 Å². The number of carbonyl (C=O) groups is 1. The molecule has 0 aromatic heterocycles. The monoisotopic (exact) mass is 210 g/mol. The topological polar surface area (TPSA) is 74.2 Å². The van der Waals surface area contributed by atoms with Gasteiger partial charge in [0.2, 0.25) is 0 Å². The molecule has 0 amide bonds. The smallest absolute Gasteiger partial charge is 0.312 e. The summed E-state index contributed by atoms with van der Waals surface area (Å²) in [4.78, 5) is 11.2. The molecule has 15 heavy (non-hydrogen) atoms. The van der Waals surface area contributed by atoms with Crippen LogP contribution in [0.15, 0.2) is 24.3 Å². The van der Waals surface area contributed by atoms with Crippen LogP contribution in [0, 0.1) is 0 Å². The largest absolute Gasteiger partial charge is 0.508 e. The SMILES string of the molecule is CCOC(=O)C[C@H]([NH3+])c1cccc(O)c1.